The Hall–Kier alpha value is -2.56. The van der Waals surface area contributed by atoms with Crippen LogP contribution in [-0.2, 0) is 10.0 Å². The molecule has 2 aliphatic heterocycles. The van der Waals surface area contributed by atoms with Gasteiger partial charge in [-0.3, -0.25) is 9.52 Å². The smallest absolute Gasteiger partial charge is 0.256 e. The second-order valence-electron chi connectivity index (χ2n) is 10.7. The van der Waals surface area contributed by atoms with E-state index in [0.29, 0.717) is 34.2 Å². The van der Waals surface area contributed by atoms with Gasteiger partial charge < -0.3 is 9.80 Å². The molecule has 9 nitrogen and oxygen atoms in total. The number of fused-ring (bicyclic) bond motifs is 1. The van der Waals surface area contributed by atoms with E-state index in [-0.39, 0.29) is 23.2 Å². The molecule has 5 rings (SSSR count). The van der Waals surface area contributed by atoms with Crippen LogP contribution >= 0.6 is 23.2 Å². The minimum Gasteiger partial charge on any atom is -0.356 e. The second kappa shape index (κ2) is 10.5. The Morgan fingerprint density at radius 1 is 1.08 bits per heavy atom. The molecule has 4 heterocycles. The maximum absolute atomic E-state index is 13.9. The Labute approximate surface area is 233 Å². The molecule has 0 saturated carbocycles. The zero-order chi connectivity index (χ0) is 27.2. The second-order valence-corrected chi connectivity index (χ2v) is 13.3. The number of carbonyl (C=O) groups is 1. The van der Waals surface area contributed by atoms with Gasteiger partial charge in [0, 0.05) is 36.8 Å². The summed E-state index contributed by atoms with van der Waals surface area (Å²) in [7, 11) is -3.59. The molecular formula is C26H32Cl2N6O3S. The molecule has 3 aromatic rings. The van der Waals surface area contributed by atoms with Crippen molar-refractivity contribution in [1.29, 1.82) is 0 Å². The van der Waals surface area contributed by atoms with Crippen LogP contribution < -0.4 is 9.62 Å². The van der Waals surface area contributed by atoms with Crippen LogP contribution in [0.3, 0.4) is 0 Å². The number of anilines is 2. The molecule has 0 spiro atoms. The number of halogens is 2. The maximum Gasteiger partial charge on any atom is 0.256 e. The van der Waals surface area contributed by atoms with Crippen molar-refractivity contribution in [3.8, 4) is 0 Å². The van der Waals surface area contributed by atoms with Gasteiger partial charge in [-0.25, -0.2) is 13.4 Å². The number of sulfonamides is 1. The first kappa shape index (κ1) is 27.0. The van der Waals surface area contributed by atoms with Gasteiger partial charge >= 0.3 is 0 Å². The first-order valence-electron chi connectivity index (χ1n) is 12.9. The average molecular weight is 580 g/mol. The summed E-state index contributed by atoms with van der Waals surface area (Å²) in [4.78, 5) is 22.4. The number of likely N-dealkylation sites (tertiary alicyclic amines) is 1. The molecule has 2 fully saturated rings. The van der Waals surface area contributed by atoms with Crippen molar-refractivity contribution in [1.82, 2.24) is 19.5 Å². The van der Waals surface area contributed by atoms with Gasteiger partial charge in [-0.05, 0) is 55.7 Å². The number of piperidine rings is 2. The Balaban J connectivity index is 1.52. The first-order chi connectivity index (χ1) is 18.0. The van der Waals surface area contributed by atoms with Crippen molar-refractivity contribution in [3.05, 3.63) is 51.8 Å². The van der Waals surface area contributed by atoms with Crippen LogP contribution in [-0.4, -0.2) is 59.7 Å². The SMILES string of the molecule is C[C@@H]1C[C@H](C)CN(c2cc(Cl)nc3cc([C@@H]4CCCCN4C(=O)c4cc(Cl)ccc4NS(C)(=O)=O)nn23)C1. The monoisotopic (exact) mass is 578 g/mol. The number of hydrogen-bond donors (Lipinski definition) is 1. The van der Waals surface area contributed by atoms with E-state index in [0.717, 1.165) is 50.1 Å². The molecule has 38 heavy (non-hydrogen) atoms. The topological polar surface area (TPSA) is 99.9 Å². The summed E-state index contributed by atoms with van der Waals surface area (Å²) in [6.07, 6.45) is 4.74. The standard InChI is InChI=1S/C26H32Cl2N6O3S/c1-16-10-17(2)15-32(14-16)25-13-23(28)29-24-12-21(30-34(24)25)22-6-4-5-9-33(22)26(35)19-11-18(27)7-8-20(19)31-38(3,36)37/h7-8,11-13,16-17,22,31H,4-6,9-10,14-15H2,1-3H3/t16-,17+,22-/m0/s1. The van der Waals surface area contributed by atoms with E-state index in [4.69, 9.17) is 28.3 Å². The fraction of sp³-hybridized carbons (Fsp3) is 0.500. The highest BCUT2D eigenvalue weighted by atomic mass is 35.5. The van der Waals surface area contributed by atoms with Gasteiger partial charge in [-0.2, -0.15) is 9.61 Å². The Morgan fingerprint density at radius 2 is 1.82 bits per heavy atom. The third kappa shape index (κ3) is 5.72. The maximum atomic E-state index is 13.9. The molecule has 3 atom stereocenters. The molecule has 12 heteroatoms. The normalized spacial score (nSPS) is 22.6. The van der Waals surface area contributed by atoms with E-state index in [2.05, 4.69) is 28.5 Å². The fourth-order valence-electron chi connectivity index (χ4n) is 5.80. The molecule has 0 radical (unpaired) electrons. The van der Waals surface area contributed by atoms with Crippen molar-refractivity contribution < 1.29 is 13.2 Å². The number of rotatable bonds is 5. The summed E-state index contributed by atoms with van der Waals surface area (Å²) in [6.45, 7) is 6.85. The van der Waals surface area contributed by atoms with Crippen molar-refractivity contribution in [3.63, 3.8) is 0 Å². The number of amides is 1. The highest BCUT2D eigenvalue weighted by Gasteiger charge is 2.33. The summed E-state index contributed by atoms with van der Waals surface area (Å²) in [5, 5.41) is 5.70. The van der Waals surface area contributed by atoms with Crippen LogP contribution in [0.1, 0.15) is 61.6 Å². The Morgan fingerprint density at radius 3 is 2.53 bits per heavy atom. The van der Waals surface area contributed by atoms with Gasteiger partial charge in [-0.1, -0.05) is 37.0 Å². The lowest BCUT2D eigenvalue weighted by Crippen LogP contribution is -2.40. The minimum absolute atomic E-state index is 0.199. The summed E-state index contributed by atoms with van der Waals surface area (Å²) in [5.41, 5.74) is 1.77. The summed E-state index contributed by atoms with van der Waals surface area (Å²) in [5.74, 6) is 1.70. The number of nitrogens with zero attached hydrogens (tertiary/aromatic N) is 5. The van der Waals surface area contributed by atoms with Gasteiger partial charge in [0.1, 0.15) is 11.0 Å². The third-order valence-corrected chi connectivity index (χ3v) is 8.22. The van der Waals surface area contributed by atoms with Crippen LogP contribution in [0, 0.1) is 11.8 Å². The van der Waals surface area contributed by atoms with E-state index in [1.807, 2.05) is 16.6 Å². The van der Waals surface area contributed by atoms with Crippen LogP contribution in [0.4, 0.5) is 11.5 Å². The van der Waals surface area contributed by atoms with Crippen LogP contribution in [0.15, 0.2) is 30.3 Å². The van der Waals surface area contributed by atoms with Crippen molar-refractivity contribution >= 4 is 56.3 Å². The van der Waals surface area contributed by atoms with E-state index in [1.54, 1.807) is 11.0 Å². The molecule has 2 saturated heterocycles. The largest absolute Gasteiger partial charge is 0.356 e. The summed E-state index contributed by atoms with van der Waals surface area (Å²) in [6, 6.07) is 8.03. The fourth-order valence-corrected chi connectivity index (χ4v) is 6.74. The number of aromatic nitrogens is 3. The highest BCUT2D eigenvalue weighted by Crippen LogP contribution is 2.35. The van der Waals surface area contributed by atoms with Gasteiger partial charge in [0.25, 0.3) is 5.91 Å². The quantitative estimate of drug-likeness (QED) is 0.414. The molecular weight excluding hydrogens is 547 g/mol. The highest BCUT2D eigenvalue weighted by molar-refractivity contribution is 7.92. The number of carbonyl (C=O) groups excluding carboxylic acids is 1. The lowest BCUT2D eigenvalue weighted by atomic mass is 9.92. The third-order valence-electron chi connectivity index (χ3n) is 7.20. The molecule has 0 unspecified atom stereocenters. The zero-order valence-electron chi connectivity index (χ0n) is 21.7. The molecule has 204 valence electrons. The Bertz CT molecular complexity index is 1470. The van der Waals surface area contributed by atoms with Gasteiger partial charge in [0.15, 0.2) is 5.65 Å². The van der Waals surface area contributed by atoms with E-state index < -0.39 is 10.0 Å². The number of benzene rings is 1. The van der Waals surface area contributed by atoms with E-state index in [1.165, 1.54) is 18.6 Å². The average Bonchev–Trinajstić information content (AvgIpc) is 3.26. The van der Waals surface area contributed by atoms with E-state index >= 15 is 0 Å². The van der Waals surface area contributed by atoms with Crippen LogP contribution in [0.2, 0.25) is 10.2 Å². The van der Waals surface area contributed by atoms with Crippen LogP contribution in [0.5, 0.6) is 0 Å². The predicted molar refractivity (Wildman–Crippen MR) is 151 cm³/mol. The molecule has 2 aromatic heterocycles. The van der Waals surface area contributed by atoms with Gasteiger partial charge in [0.05, 0.1) is 29.2 Å². The van der Waals surface area contributed by atoms with Crippen LogP contribution in [0.25, 0.3) is 5.65 Å². The summed E-state index contributed by atoms with van der Waals surface area (Å²) < 4.78 is 28.2. The molecule has 1 aromatic carbocycles. The number of hydrogen-bond acceptors (Lipinski definition) is 6. The Kier molecular flexibility index (Phi) is 7.50. The van der Waals surface area contributed by atoms with Crippen molar-refractivity contribution in [2.24, 2.45) is 11.8 Å². The molecule has 2 aliphatic rings. The van der Waals surface area contributed by atoms with Crippen molar-refractivity contribution in [2.45, 2.75) is 45.6 Å². The lowest BCUT2D eigenvalue weighted by molar-refractivity contribution is 0.0607. The predicted octanol–water partition coefficient (Wildman–Crippen LogP) is 5.26. The molecule has 1 N–H and O–H groups in total. The van der Waals surface area contributed by atoms with Crippen molar-refractivity contribution in [2.75, 3.05) is 35.5 Å². The molecule has 1 amide bonds. The van der Waals surface area contributed by atoms with Gasteiger partial charge in [0.2, 0.25) is 10.0 Å². The molecule has 0 bridgehead atoms. The summed E-state index contributed by atoms with van der Waals surface area (Å²) >= 11 is 12.7. The first-order valence-corrected chi connectivity index (χ1v) is 15.5. The minimum atomic E-state index is -3.59. The van der Waals surface area contributed by atoms with Gasteiger partial charge in [-0.15, -0.1) is 0 Å². The zero-order valence-corrected chi connectivity index (χ0v) is 24.0. The number of nitrogens with one attached hydrogen (secondary N) is 1. The van der Waals surface area contributed by atoms with E-state index in [9.17, 15) is 13.2 Å². The lowest BCUT2D eigenvalue weighted by Gasteiger charge is -2.36. The molecule has 0 aliphatic carbocycles.